The summed E-state index contributed by atoms with van der Waals surface area (Å²) < 4.78 is 0. The highest BCUT2D eigenvalue weighted by atomic mass is 16.6. The summed E-state index contributed by atoms with van der Waals surface area (Å²) in [6.45, 7) is 6.29. The molecule has 0 aliphatic rings. The van der Waals surface area contributed by atoms with Crippen LogP contribution in [0.1, 0.15) is 33.6 Å². The van der Waals surface area contributed by atoms with Crippen LogP contribution < -0.4 is 5.32 Å². The molecule has 17 heavy (non-hydrogen) atoms. The van der Waals surface area contributed by atoms with Crippen molar-refractivity contribution in [2.45, 2.75) is 39.7 Å². The molecule has 1 aromatic rings. The molecular weight excluding hydrogens is 218 g/mol. The lowest BCUT2D eigenvalue weighted by Gasteiger charge is -2.22. The van der Waals surface area contributed by atoms with Gasteiger partial charge in [-0.1, -0.05) is 26.7 Å². The molecule has 0 saturated carbocycles. The molecule has 5 nitrogen and oxygen atoms in total. The van der Waals surface area contributed by atoms with Crippen LogP contribution in [-0.4, -0.2) is 15.9 Å². The maximum absolute atomic E-state index is 10.8. The second-order valence-corrected chi connectivity index (χ2v) is 4.14. The van der Waals surface area contributed by atoms with E-state index in [0.29, 0.717) is 11.7 Å². The largest absolute Gasteiger partial charge is 0.362 e. The first kappa shape index (κ1) is 13.4. The van der Waals surface area contributed by atoms with Crippen LogP contribution in [0.15, 0.2) is 18.3 Å². The van der Waals surface area contributed by atoms with E-state index >= 15 is 0 Å². The van der Waals surface area contributed by atoms with E-state index in [4.69, 9.17) is 0 Å². The van der Waals surface area contributed by atoms with E-state index in [9.17, 15) is 10.1 Å². The first-order chi connectivity index (χ1) is 8.10. The maximum atomic E-state index is 10.8. The van der Waals surface area contributed by atoms with Crippen LogP contribution in [0.5, 0.6) is 0 Å². The number of rotatable bonds is 6. The number of nitro groups is 1. The molecule has 0 aliphatic carbocycles. The molecule has 94 valence electrons. The monoisotopic (exact) mass is 237 g/mol. The normalized spacial score (nSPS) is 12.5. The van der Waals surface area contributed by atoms with Crippen LogP contribution in [0.3, 0.4) is 0 Å². The molecule has 0 aliphatic heterocycles. The van der Waals surface area contributed by atoms with Gasteiger partial charge in [0.1, 0.15) is 0 Å². The van der Waals surface area contributed by atoms with Gasteiger partial charge in [0.05, 0.1) is 4.92 Å². The molecule has 1 rings (SSSR count). The van der Waals surface area contributed by atoms with Gasteiger partial charge in [-0.3, -0.25) is 10.1 Å². The Morgan fingerprint density at radius 1 is 1.47 bits per heavy atom. The minimum absolute atomic E-state index is 0.0327. The molecule has 1 aromatic heterocycles. The minimum Gasteiger partial charge on any atom is -0.362 e. The van der Waals surface area contributed by atoms with E-state index in [-0.39, 0.29) is 11.7 Å². The molecule has 0 fully saturated rings. The van der Waals surface area contributed by atoms with Gasteiger partial charge in [-0.25, -0.2) is 4.98 Å². The Balaban J connectivity index is 2.84. The van der Waals surface area contributed by atoms with Gasteiger partial charge in [-0.2, -0.15) is 0 Å². The second-order valence-electron chi connectivity index (χ2n) is 4.14. The summed E-state index contributed by atoms with van der Waals surface area (Å²) in [5.74, 6) is 0.855. The zero-order valence-corrected chi connectivity index (χ0v) is 10.5. The Labute approximate surface area is 101 Å². The third kappa shape index (κ3) is 3.41. The molecule has 1 heterocycles. The van der Waals surface area contributed by atoms with Crippen molar-refractivity contribution < 1.29 is 4.92 Å². The molecule has 0 spiro atoms. The van der Waals surface area contributed by atoms with Crippen LogP contribution in [0.4, 0.5) is 11.5 Å². The Morgan fingerprint density at radius 3 is 2.65 bits per heavy atom. The van der Waals surface area contributed by atoms with Gasteiger partial charge < -0.3 is 5.32 Å². The van der Waals surface area contributed by atoms with Crippen molar-refractivity contribution in [2.24, 2.45) is 5.92 Å². The number of nitrogens with zero attached hydrogens (tertiary/aromatic N) is 2. The molecule has 1 unspecified atom stereocenters. The SMILES string of the molecule is CCC(CC)C(C)Nc1ncccc1[N+](=O)[O-]. The highest BCUT2D eigenvalue weighted by Gasteiger charge is 2.19. The lowest BCUT2D eigenvalue weighted by atomic mass is 9.95. The van der Waals surface area contributed by atoms with E-state index in [1.807, 2.05) is 6.92 Å². The highest BCUT2D eigenvalue weighted by Crippen LogP contribution is 2.24. The van der Waals surface area contributed by atoms with Gasteiger partial charge in [0.15, 0.2) is 0 Å². The van der Waals surface area contributed by atoms with Crippen LogP contribution >= 0.6 is 0 Å². The number of pyridine rings is 1. The third-order valence-corrected chi connectivity index (χ3v) is 3.10. The Hall–Kier alpha value is -1.65. The van der Waals surface area contributed by atoms with Crippen molar-refractivity contribution >= 4 is 11.5 Å². The molecule has 0 aromatic carbocycles. The van der Waals surface area contributed by atoms with E-state index < -0.39 is 4.92 Å². The van der Waals surface area contributed by atoms with Crippen LogP contribution in [0.25, 0.3) is 0 Å². The average molecular weight is 237 g/mol. The Morgan fingerprint density at radius 2 is 2.12 bits per heavy atom. The van der Waals surface area contributed by atoms with Crippen molar-refractivity contribution in [3.63, 3.8) is 0 Å². The number of anilines is 1. The summed E-state index contributed by atoms with van der Waals surface area (Å²) in [6.07, 6.45) is 3.66. The van der Waals surface area contributed by atoms with E-state index in [0.717, 1.165) is 12.8 Å². The van der Waals surface area contributed by atoms with E-state index in [1.165, 1.54) is 6.07 Å². The van der Waals surface area contributed by atoms with E-state index in [2.05, 4.69) is 24.1 Å². The molecular formula is C12H19N3O2. The van der Waals surface area contributed by atoms with Crippen LogP contribution in [0.2, 0.25) is 0 Å². The topological polar surface area (TPSA) is 68.1 Å². The number of hydrogen-bond acceptors (Lipinski definition) is 4. The van der Waals surface area contributed by atoms with E-state index in [1.54, 1.807) is 12.3 Å². The summed E-state index contributed by atoms with van der Waals surface area (Å²) in [7, 11) is 0. The van der Waals surface area contributed by atoms with Gasteiger partial charge in [-0.15, -0.1) is 0 Å². The summed E-state index contributed by atoms with van der Waals surface area (Å²) >= 11 is 0. The summed E-state index contributed by atoms with van der Waals surface area (Å²) in [6, 6.07) is 3.22. The van der Waals surface area contributed by atoms with Gasteiger partial charge in [0.2, 0.25) is 5.82 Å². The van der Waals surface area contributed by atoms with Gasteiger partial charge >= 0.3 is 5.69 Å². The fourth-order valence-corrected chi connectivity index (χ4v) is 1.98. The lowest BCUT2D eigenvalue weighted by Crippen LogP contribution is -2.25. The lowest BCUT2D eigenvalue weighted by molar-refractivity contribution is -0.384. The summed E-state index contributed by atoms with van der Waals surface area (Å²) in [4.78, 5) is 14.5. The summed E-state index contributed by atoms with van der Waals surface area (Å²) in [5.41, 5.74) is 0.0327. The minimum atomic E-state index is -0.408. The highest BCUT2D eigenvalue weighted by molar-refractivity contribution is 5.55. The Kier molecular flexibility index (Phi) is 4.87. The quantitative estimate of drug-likeness (QED) is 0.609. The predicted octanol–water partition coefficient (Wildman–Crippen LogP) is 3.23. The molecule has 1 atom stereocenters. The van der Waals surface area contributed by atoms with Gasteiger partial charge in [0.25, 0.3) is 0 Å². The smallest absolute Gasteiger partial charge is 0.311 e. The van der Waals surface area contributed by atoms with Crippen molar-refractivity contribution in [1.29, 1.82) is 0 Å². The zero-order valence-electron chi connectivity index (χ0n) is 10.5. The number of nitrogens with one attached hydrogen (secondary N) is 1. The molecule has 5 heteroatoms. The third-order valence-electron chi connectivity index (χ3n) is 3.10. The van der Waals surface area contributed by atoms with Gasteiger partial charge in [-0.05, 0) is 18.9 Å². The Bertz CT molecular complexity index is 378. The molecule has 1 N–H and O–H groups in total. The second kappa shape index (κ2) is 6.18. The van der Waals surface area contributed by atoms with Crippen LogP contribution in [0, 0.1) is 16.0 Å². The number of aromatic nitrogens is 1. The standard InChI is InChI=1S/C12H19N3O2/c1-4-10(5-2)9(3)14-12-11(15(16)17)7-6-8-13-12/h6-10H,4-5H2,1-3H3,(H,13,14). The first-order valence-corrected chi connectivity index (χ1v) is 5.96. The first-order valence-electron chi connectivity index (χ1n) is 5.96. The molecule has 0 radical (unpaired) electrons. The molecule has 0 saturated heterocycles. The van der Waals surface area contributed by atoms with Crippen LogP contribution in [-0.2, 0) is 0 Å². The van der Waals surface area contributed by atoms with Crippen molar-refractivity contribution in [1.82, 2.24) is 4.98 Å². The zero-order chi connectivity index (χ0) is 12.8. The predicted molar refractivity (Wildman–Crippen MR) is 68.0 cm³/mol. The molecule has 0 bridgehead atoms. The van der Waals surface area contributed by atoms with Crippen molar-refractivity contribution in [2.75, 3.05) is 5.32 Å². The fraction of sp³-hybridized carbons (Fsp3) is 0.583. The summed E-state index contributed by atoms with van der Waals surface area (Å²) in [5, 5.41) is 14.0. The number of hydrogen-bond donors (Lipinski definition) is 1. The average Bonchev–Trinajstić information content (AvgIpc) is 2.31. The maximum Gasteiger partial charge on any atom is 0.311 e. The fourth-order valence-electron chi connectivity index (χ4n) is 1.98. The van der Waals surface area contributed by atoms with Gasteiger partial charge in [0, 0.05) is 18.3 Å². The van der Waals surface area contributed by atoms with Crippen molar-refractivity contribution in [3.8, 4) is 0 Å². The molecule has 0 amide bonds. The van der Waals surface area contributed by atoms with Crippen molar-refractivity contribution in [3.05, 3.63) is 28.4 Å².